The van der Waals surface area contributed by atoms with E-state index in [-0.39, 0.29) is 0 Å². The smallest absolute Gasteiger partial charge is 0.163 e. The van der Waals surface area contributed by atoms with Gasteiger partial charge in [-0.25, -0.2) is 19.9 Å². The maximum absolute atomic E-state index is 5.95. The highest BCUT2D eigenvalue weighted by atomic mass is 16.6. The van der Waals surface area contributed by atoms with Gasteiger partial charge < -0.3 is 38.7 Å². The number of hydrogen-bond donors (Lipinski definition) is 2. The molecule has 0 aliphatic carbocycles. The maximum Gasteiger partial charge on any atom is 0.163 e. The van der Waals surface area contributed by atoms with Crippen molar-refractivity contribution in [3.05, 3.63) is 97.2 Å². The quantitative estimate of drug-likeness (QED) is 0.0787. The van der Waals surface area contributed by atoms with Crippen LogP contribution in [-0.2, 0) is 9.47 Å². The zero-order chi connectivity index (χ0) is 37.7. The molecular weight excluding hydrogens is 684 g/mol. The minimum absolute atomic E-state index is 0.405. The van der Waals surface area contributed by atoms with E-state index in [0.717, 1.165) is 55.2 Å². The van der Waals surface area contributed by atoms with Gasteiger partial charge in [-0.3, -0.25) is 0 Å². The summed E-state index contributed by atoms with van der Waals surface area (Å²) in [6, 6.07) is 23.3. The molecule has 3 heterocycles. The van der Waals surface area contributed by atoms with Crippen LogP contribution in [0.25, 0.3) is 44.0 Å². The second-order valence-corrected chi connectivity index (χ2v) is 11.7. The summed E-state index contributed by atoms with van der Waals surface area (Å²) < 4.78 is 33.4. The molecule has 0 saturated carbocycles. The highest BCUT2D eigenvalue weighted by Crippen LogP contribution is 2.38. The molecule has 0 radical (unpaired) electrons. The number of nitrogens with zero attached hydrogens (tertiary/aromatic N) is 4. The van der Waals surface area contributed by atoms with Gasteiger partial charge in [-0.1, -0.05) is 30.2 Å². The van der Waals surface area contributed by atoms with E-state index in [4.69, 9.17) is 34.8 Å². The number of benzene rings is 4. The summed E-state index contributed by atoms with van der Waals surface area (Å²) in [6.45, 7) is 6.97. The second-order valence-electron chi connectivity index (χ2n) is 11.7. The third kappa shape index (κ3) is 8.78. The number of fused-ring (bicyclic) bond motifs is 3. The van der Waals surface area contributed by atoms with E-state index in [1.165, 1.54) is 6.33 Å². The van der Waals surface area contributed by atoms with Crippen LogP contribution in [-0.4, -0.2) is 78.8 Å². The fourth-order valence-corrected chi connectivity index (χ4v) is 5.79. The van der Waals surface area contributed by atoms with E-state index in [2.05, 4.69) is 42.2 Å². The van der Waals surface area contributed by atoms with Crippen LogP contribution in [0.1, 0.15) is 19.4 Å². The molecule has 3 aromatic heterocycles. The Hall–Kier alpha value is -6.42. The number of para-hydroxylation sites is 1. The van der Waals surface area contributed by atoms with Crippen molar-refractivity contribution in [2.45, 2.75) is 13.8 Å². The molecule has 2 N–H and O–H groups in total. The number of nitrogens with one attached hydrogen (secondary N) is 2. The van der Waals surface area contributed by atoms with Crippen molar-refractivity contribution in [3.63, 3.8) is 0 Å². The molecule has 0 bridgehead atoms. The Bertz CT molecular complexity index is 2370. The fraction of sp³-hybridized carbons (Fsp3) is 0.238. The van der Waals surface area contributed by atoms with Gasteiger partial charge in [0.25, 0.3) is 0 Å². The molecule has 54 heavy (non-hydrogen) atoms. The van der Waals surface area contributed by atoms with Gasteiger partial charge in [0, 0.05) is 70.0 Å². The lowest BCUT2D eigenvalue weighted by Crippen LogP contribution is -2.10. The van der Waals surface area contributed by atoms with Gasteiger partial charge in [0.1, 0.15) is 31.7 Å². The minimum atomic E-state index is 0.405. The Morgan fingerprint density at radius 3 is 2.04 bits per heavy atom. The number of aromatic amines is 1. The Balaban J connectivity index is 0.000000192. The van der Waals surface area contributed by atoms with Gasteiger partial charge >= 0.3 is 0 Å². The van der Waals surface area contributed by atoms with Crippen LogP contribution in [0.15, 0.2) is 91.6 Å². The topological polar surface area (TPSA) is 135 Å². The lowest BCUT2D eigenvalue weighted by Gasteiger charge is -2.15. The number of aromatic nitrogens is 5. The van der Waals surface area contributed by atoms with Gasteiger partial charge in [0.15, 0.2) is 23.0 Å². The molecule has 0 amide bonds. The highest BCUT2D eigenvalue weighted by molar-refractivity contribution is 6.03. The van der Waals surface area contributed by atoms with E-state index in [1.807, 2.05) is 86.8 Å². The standard InChI is InChI=1S/C24H27N3O4.C18H15N3O2/c1-4-18-8-7-9-19(14-18)27-24-20-15-22(30-12-10-28-5-2)23(31-13-11-29-6-3)16-21(20)25-17-26-24;1-22-16-7-12-15(8-17(16)23-2)20-10-21-18(12)13-9-19-14-6-4-3-5-11(13)14/h1,7-9,14-17H,5-6,10-13H2,2-3H3,(H,25,26,27);3-10,19H,1-2H3. The minimum Gasteiger partial charge on any atom is -0.493 e. The number of methoxy groups -OCH3 is 2. The van der Waals surface area contributed by atoms with Gasteiger partial charge in [-0.15, -0.1) is 6.42 Å². The predicted octanol–water partition coefficient (Wildman–Crippen LogP) is 7.98. The summed E-state index contributed by atoms with van der Waals surface area (Å²) in [5.74, 6) is 5.80. The molecule has 0 unspecified atom stereocenters. The van der Waals surface area contributed by atoms with Gasteiger partial charge in [-0.2, -0.15) is 0 Å². The van der Waals surface area contributed by atoms with Crippen LogP contribution in [0.2, 0.25) is 0 Å². The summed E-state index contributed by atoms with van der Waals surface area (Å²) in [6.07, 6.45) is 10.6. The van der Waals surface area contributed by atoms with Crippen LogP contribution >= 0.6 is 0 Å². The number of anilines is 2. The SMILES string of the molecule is C#Cc1cccc(Nc2ncnc3cc(OCCOCC)c(OCCOCC)cc23)c1.COc1cc2ncnc(-c3c[nH]c4ccccc34)c2cc1OC. The van der Waals surface area contributed by atoms with Crippen molar-refractivity contribution in [1.82, 2.24) is 24.9 Å². The summed E-state index contributed by atoms with van der Waals surface area (Å²) in [7, 11) is 3.24. The van der Waals surface area contributed by atoms with Crippen LogP contribution in [0.5, 0.6) is 23.0 Å². The van der Waals surface area contributed by atoms with Gasteiger partial charge in [0.05, 0.1) is 44.2 Å². The van der Waals surface area contributed by atoms with Crippen LogP contribution in [0.3, 0.4) is 0 Å². The van der Waals surface area contributed by atoms with E-state index in [0.29, 0.717) is 68.5 Å². The Morgan fingerprint density at radius 1 is 0.667 bits per heavy atom. The van der Waals surface area contributed by atoms with E-state index < -0.39 is 0 Å². The van der Waals surface area contributed by atoms with Gasteiger partial charge in [0.2, 0.25) is 0 Å². The van der Waals surface area contributed by atoms with Crippen molar-refractivity contribution in [1.29, 1.82) is 0 Å². The molecule has 7 rings (SSSR count). The van der Waals surface area contributed by atoms with Crippen molar-refractivity contribution < 1.29 is 28.4 Å². The molecule has 4 aromatic carbocycles. The molecule has 12 nitrogen and oxygen atoms in total. The molecule has 0 fully saturated rings. The van der Waals surface area contributed by atoms with E-state index in [9.17, 15) is 0 Å². The first-order valence-electron chi connectivity index (χ1n) is 17.5. The summed E-state index contributed by atoms with van der Waals surface area (Å²) >= 11 is 0. The molecule has 276 valence electrons. The first kappa shape index (κ1) is 37.3. The van der Waals surface area contributed by atoms with Crippen LogP contribution in [0.4, 0.5) is 11.5 Å². The zero-order valence-corrected chi connectivity index (χ0v) is 30.7. The maximum atomic E-state index is 5.95. The molecule has 0 spiro atoms. The lowest BCUT2D eigenvalue weighted by molar-refractivity contribution is 0.100. The van der Waals surface area contributed by atoms with Crippen molar-refractivity contribution in [2.24, 2.45) is 0 Å². The average Bonchev–Trinajstić information content (AvgIpc) is 3.65. The predicted molar refractivity (Wildman–Crippen MR) is 211 cm³/mol. The third-order valence-corrected chi connectivity index (χ3v) is 8.36. The number of H-pyrrole nitrogens is 1. The summed E-state index contributed by atoms with van der Waals surface area (Å²) in [4.78, 5) is 21.0. The first-order valence-corrected chi connectivity index (χ1v) is 17.5. The fourth-order valence-electron chi connectivity index (χ4n) is 5.79. The Labute approximate surface area is 313 Å². The average molecular weight is 727 g/mol. The second kappa shape index (κ2) is 18.4. The normalized spacial score (nSPS) is 10.8. The largest absolute Gasteiger partial charge is 0.493 e. The van der Waals surface area contributed by atoms with Crippen molar-refractivity contribution >= 4 is 44.2 Å². The molecule has 7 aromatic rings. The van der Waals surface area contributed by atoms with E-state index in [1.54, 1.807) is 20.5 Å². The van der Waals surface area contributed by atoms with Crippen molar-refractivity contribution in [2.75, 3.05) is 59.2 Å². The Kier molecular flexibility index (Phi) is 12.7. The summed E-state index contributed by atoms with van der Waals surface area (Å²) in [5.41, 5.74) is 6.16. The van der Waals surface area contributed by atoms with E-state index >= 15 is 0 Å². The first-order chi connectivity index (χ1) is 26.6. The summed E-state index contributed by atoms with van der Waals surface area (Å²) in [5, 5.41) is 6.17. The van der Waals surface area contributed by atoms with Crippen LogP contribution < -0.4 is 24.3 Å². The zero-order valence-electron chi connectivity index (χ0n) is 30.7. The lowest BCUT2D eigenvalue weighted by atomic mass is 10.1. The molecule has 12 heteroatoms. The molecular formula is C42H42N6O6. The Morgan fingerprint density at radius 2 is 1.31 bits per heavy atom. The van der Waals surface area contributed by atoms with Crippen molar-refractivity contribution in [3.8, 4) is 46.6 Å². The molecule has 0 aliphatic heterocycles. The molecule has 0 atom stereocenters. The number of terminal acetylenes is 1. The third-order valence-electron chi connectivity index (χ3n) is 8.36. The highest BCUT2D eigenvalue weighted by Gasteiger charge is 2.16. The number of ether oxygens (including phenoxy) is 6. The number of rotatable bonds is 15. The monoisotopic (exact) mass is 726 g/mol. The molecule has 0 saturated heterocycles. The molecule has 0 aliphatic rings. The van der Waals surface area contributed by atoms with Gasteiger partial charge in [-0.05, 0) is 50.2 Å². The number of hydrogen-bond acceptors (Lipinski definition) is 11. The van der Waals surface area contributed by atoms with Crippen LogP contribution in [0, 0.1) is 12.3 Å².